The van der Waals surface area contributed by atoms with Crippen LogP contribution >= 0.6 is 23.1 Å². The summed E-state index contributed by atoms with van der Waals surface area (Å²) in [5.41, 5.74) is 0.890. The topological polar surface area (TPSA) is 94.8 Å². The van der Waals surface area contributed by atoms with Crippen LogP contribution in [0, 0.1) is 11.6 Å². The van der Waals surface area contributed by atoms with Crippen LogP contribution in [0.1, 0.15) is 12.8 Å². The monoisotopic (exact) mass is 438 g/mol. The average Bonchev–Trinajstić information content (AvgIpc) is 3.45. The van der Waals surface area contributed by atoms with E-state index < -0.39 is 11.6 Å². The lowest BCUT2D eigenvalue weighted by Gasteiger charge is -2.09. The Kier molecular flexibility index (Phi) is 6.11. The smallest absolute Gasteiger partial charge is 0.236 e. The van der Waals surface area contributed by atoms with E-state index in [0.29, 0.717) is 28.1 Å². The number of benzene rings is 1. The van der Waals surface area contributed by atoms with Crippen LogP contribution in [-0.2, 0) is 16.1 Å². The number of aromatic nitrogens is 5. The van der Waals surface area contributed by atoms with Gasteiger partial charge in [-0.3, -0.25) is 4.79 Å². The molecule has 2 aromatic heterocycles. The predicted molar refractivity (Wildman–Crippen MR) is 104 cm³/mol. The molecule has 1 amide bonds. The van der Waals surface area contributed by atoms with Crippen molar-refractivity contribution in [2.45, 2.75) is 30.6 Å². The molecule has 0 aliphatic carbocycles. The van der Waals surface area contributed by atoms with Crippen molar-refractivity contribution in [3.8, 4) is 11.3 Å². The number of hydrogen-bond acceptors (Lipinski definition) is 8. The Morgan fingerprint density at radius 3 is 3.07 bits per heavy atom. The number of thiazole rings is 1. The van der Waals surface area contributed by atoms with Crippen molar-refractivity contribution in [3.05, 3.63) is 35.2 Å². The molecule has 12 heteroatoms. The summed E-state index contributed by atoms with van der Waals surface area (Å²) in [6.45, 7) is 1.30. The lowest BCUT2D eigenvalue weighted by molar-refractivity contribution is -0.113. The maximum atomic E-state index is 13.4. The number of carbonyl (C=O) groups is 1. The highest BCUT2D eigenvalue weighted by atomic mass is 32.2. The van der Waals surface area contributed by atoms with Gasteiger partial charge in [-0.25, -0.2) is 18.4 Å². The summed E-state index contributed by atoms with van der Waals surface area (Å²) in [5.74, 6) is -2.03. The molecule has 0 unspecified atom stereocenters. The number of amides is 1. The van der Waals surface area contributed by atoms with E-state index in [1.165, 1.54) is 29.2 Å². The lowest BCUT2D eigenvalue weighted by atomic mass is 10.2. The molecule has 8 nitrogen and oxygen atoms in total. The van der Waals surface area contributed by atoms with Crippen LogP contribution in [0.4, 0.5) is 13.9 Å². The van der Waals surface area contributed by atoms with Crippen LogP contribution in [0.5, 0.6) is 0 Å². The van der Waals surface area contributed by atoms with E-state index in [0.717, 1.165) is 31.6 Å². The Bertz CT molecular complexity index is 1010. The van der Waals surface area contributed by atoms with Crippen molar-refractivity contribution in [1.29, 1.82) is 0 Å². The zero-order valence-corrected chi connectivity index (χ0v) is 16.7. The first kappa shape index (κ1) is 19.9. The fourth-order valence-electron chi connectivity index (χ4n) is 2.80. The van der Waals surface area contributed by atoms with Crippen LogP contribution in [0.2, 0.25) is 0 Å². The fourth-order valence-corrected chi connectivity index (χ4v) is 4.22. The van der Waals surface area contributed by atoms with Gasteiger partial charge >= 0.3 is 0 Å². The molecular formula is C17H16F2N6O2S2. The molecule has 0 bridgehead atoms. The first-order valence-corrected chi connectivity index (χ1v) is 10.7. The molecule has 1 aromatic carbocycles. The molecule has 0 radical (unpaired) electrons. The molecule has 1 saturated heterocycles. The van der Waals surface area contributed by atoms with E-state index in [-0.39, 0.29) is 17.8 Å². The van der Waals surface area contributed by atoms with Crippen molar-refractivity contribution in [2.75, 3.05) is 17.7 Å². The van der Waals surface area contributed by atoms with Gasteiger partial charge in [0.25, 0.3) is 0 Å². The number of nitrogens with one attached hydrogen (secondary N) is 1. The minimum Gasteiger partial charge on any atom is -0.376 e. The second-order valence-corrected chi connectivity index (χ2v) is 8.08. The van der Waals surface area contributed by atoms with Gasteiger partial charge in [0.15, 0.2) is 16.8 Å². The van der Waals surface area contributed by atoms with Crippen LogP contribution in [-0.4, -0.2) is 49.6 Å². The summed E-state index contributed by atoms with van der Waals surface area (Å²) in [5, 5.41) is 16.8. The minimum absolute atomic E-state index is 0.0942. The number of hydrogen-bond donors (Lipinski definition) is 1. The second kappa shape index (κ2) is 8.93. The van der Waals surface area contributed by atoms with Gasteiger partial charge in [-0.2, -0.15) is 0 Å². The quantitative estimate of drug-likeness (QED) is 0.567. The lowest BCUT2D eigenvalue weighted by Crippen LogP contribution is -2.18. The second-order valence-electron chi connectivity index (χ2n) is 6.28. The van der Waals surface area contributed by atoms with E-state index >= 15 is 0 Å². The molecule has 0 saturated carbocycles. The highest BCUT2D eigenvalue weighted by molar-refractivity contribution is 7.99. The van der Waals surface area contributed by atoms with E-state index in [1.54, 1.807) is 10.1 Å². The summed E-state index contributed by atoms with van der Waals surface area (Å²) >= 11 is 2.42. The van der Waals surface area contributed by atoms with Crippen molar-refractivity contribution in [3.63, 3.8) is 0 Å². The number of tetrazole rings is 1. The minimum atomic E-state index is -0.946. The fraction of sp³-hybridized carbons (Fsp3) is 0.353. The van der Waals surface area contributed by atoms with Crippen LogP contribution in [0.3, 0.4) is 0 Å². The zero-order valence-electron chi connectivity index (χ0n) is 15.0. The Morgan fingerprint density at radius 1 is 1.38 bits per heavy atom. The third-order valence-electron chi connectivity index (χ3n) is 4.20. The van der Waals surface area contributed by atoms with Gasteiger partial charge in [0.2, 0.25) is 11.1 Å². The third kappa shape index (κ3) is 4.95. The molecule has 1 aliphatic heterocycles. The normalized spacial score (nSPS) is 16.3. The van der Waals surface area contributed by atoms with E-state index in [4.69, 9.17) is 4.74 Å². The van der Waals surface area contributed by atoms with Gasteiger partial charge in [-0.15, -0.1) is 16.4 Å². The Labute approximate surface area is 172 Å². The van der Waals surface area contributed by atoms with Gasteiger partial charge < -0.3 is 10.1 Å². The third-order valence-corrected chi connectivity index (χ3v) is 5.91. The molecule has 1 atom stereocenters. The summed E-state index contributed by atoms with van der Waals surface area (Å²) in [4.78, 5) is 16.5. The Balaban J connectivity index is 1.32. The van der Waals surface area contributed by atoms with E-state index in [2.05, 4.69) is 25.8 Å². The molecule has 3 aromatic rings. The highest BCUT2D eigenvalue weighted by Crippen LogP contribution is 2.26. The van der Waals surface area contributed by atoms with Crippen LogP contribution in [0.25, 0.3) is 11.3 Å². The van der Waals surface area contributed by atoms with Crippen LogP contribution < -0.4 is 5.32 Å². The van der Waals surface area contributed by atoms with Gasteiger partial charge in [-0.1, -0.05) is 11.8 Å². The van der Waals surface area contributed by atoms with Gasteiger partial charge in [0.1, 0.15) is 0 Å². The molecule has 29 heavy (non-hydrogen) atoms. The SMILES string of the molecule is O=C(CSc1nnnn1C[C@@H]1CCCO1)Nc1nc(-c2ccc(F)c(F)c2)cs1. The largest absolute Gasteiger partial charge is 0.376 e. The van der Waals surface area contributed by atoms with E-state index in [9.17, 15) is 13.6 Å². The molecule has 152 valence electrons. The molecular weight excluding hydrogens is 422 g/mol. The number of rotatable bonds is 7. The number of halogens is 2. The highest BCUT2D eigenvalue weighted by Gasteiger charge is 2.19. The van der Waals surface area contributed by atoms with Crippen LogP contribution in [0.15, 0.2) is 28.7 Å². The summed E-state index contributed by atoms with van der Waals surface area (Å²) in [6.07, 6.45) is 2.09. The number of nitrogens with zero attached hydrogens (tertiary/aromatic N) is 5. The first-order chi connectivity index (χ1) is 14.1. The molecule has 1 fully saturated rings. The molecule has 1 aliphatic rings. The zero-order chi connectivity index (χ0) is 20.2. The standard InChI is InChI=1S/C17H16F2N6O2S2/c18-12-4-3-10(6-13(12)19)14-8-28-16(20-14)21-15(26)9-29-17-22-23-24-25(17)7-11-2-1-5-27-11/h3-4,6,8,11H,1-2,5,7,9H2,(H,20,21,26)/t11-/m0/s1. The average molecular weight is 438 g/mol. The van der Waals surface area contributed by atoms with Crippen molar-refractivity contribution in [1.82, 2.24) is 25.2 Å². The Hall–Kier alpha value is -2.44. The van der Waals surface area contributed by atoms with Gasteiger partial charge in [0.05, 0.1) is 24.1 Å². The summed E-state index contributed by atoms with van der Waals surface area (Å²) < 4.78 is 33.7. The Morgan fingerprint density at radius 2 is 2.28 bits per heavy atom. The van der Waals surface area contributed by atoms with Gasteiger partial charge in [0, 0.05) is 17.6 Å². The van der Waals surface area contributed by atoms with Crippen molar-refractivity contribution in [2.24, 2.45) is 0 Å². The summed E-state index contributed by atoms with van der Waals surface area (Å²) in [7, 11) is 0. The summed E-state index contributed by atoms with van der Waals surface area (Å²) in [6, 6.07) is 3.54. The molecule has 0 spiro atoms. The molecule has 3 heterocycles. The predicted octanol–water partition coefficient (Wildman–Crippen LogP) is 2.98. The number of anilines is 1. The maximum Gasteiger partial charge on any atom is 0.236 e. The number of thioether (sulfide) groups is 1. The number of ether oxygens (including phenoxy) is 1. The maximum absolute atomic E-state index is 13.4. The van der Waals surface area contributed by atoms with Gasteiger partial charge in [-0.05, 0) is 41.5 Å². The molecule has 1 N–H and O–H groups in total. The number of carbonyl (C=O) groups excluding carboxylic acids is 1. The first-order valence-electron chi connectivity index (χ1n) is 8.80. The van der Waals surface area contributed by atoms with Crippen molar-refractivity contribution >= 4 is 34.1 Å². The molecule has 4 rings (SSSR count). The van der Waals surface area contributed by atoms with Crippen molar-refractivity contribution < 1.29 is 18.3 Å². The van der Waals surface area contributed by atoms with E-state index in [1.807, 2.05) is 0 Å².